The molecule has 224 valence electrons. The van der Waals surface area contributed by atoms with E-state index in [-0.39, 0.29) is 13.4 Å². The van der Waals surface area contributed by atoms with Crippen molar-refractivity contribution in [2.45, 2.75) is 0 Å². The third-order valence-corrected chi connectivity index (χ3v) is 11.2. The number of hydrogen-bond acceptors (Lipinski definition) is 4. The zero-order chi connectivity index (χ0) is 31.5. The molecule has 4 aliphatic heterocycles. The highest BCUT2D eigenvalue weighted by molar-refractivity contribution is 6.99. The van der Waals surface area contributed by atoms with E-state index in [1.165, 1.54) is 16.3 Å². The van der Waals surface area contributed by atoms with Crippen molar-refractivity contribution in [2.75, 3.05) is 0 Å². The third kappa shape index (κ3) is 2.85. The van der Waals surface area contributed by atoms with Crippen LogP contribution in [0.5, 0.6) is 46.0 Å². The molecule has 0 aliphatic carbocycles. The molecule has 5 nitrogen and oxygen atoms in total. The fourth-order valence-electron chi connectivity index (χ4n) is 9.31. The molecule has 0 radical (unpaired) electrons. The molecule has 9 aromatic rings. The van der Waals surface area contributed by atoms with E-state index in [1.807, 2.05) is 36.4 Å². The highest BCUT2D eigenvalue weighted by Gasteiger charge is 2.43. The lowest BCUT2D eigenvalue weighted by Crippen LogP contribution is -2.57. The molecule has 0 spiro atoms. The summed E-state index contributed by atoms with van der Waals surface area (Å²) in [5.74, 6) is 7.05. The number of aromatic nitrogens is 1. The Balaban J connectivity index is 1.11. The van der Waals surface area contributed by atoms with E-state index in [1.54, 1.807) is 0 Å². The SMILES string of the molecule is c1ccc2c(c1)Oc1cccc3c1B2c1ccc2c(c1O3)c1cccc3c4c5c(ccc4n2c13)B1c2ccccc2Oc2cccc(c21)O5. The second-order valence-corrected chi connectivity index (χ2v) is 13.5. The van der Waals surface area contributed by atoms with Crippen molar-refractivity contribution in [3.8, 4) is 46.0 Å². The van der Waals surface area contributed by atoms with Crippen molar-refractivity contribution in [3.63, 3.8) is 0 Å². The summed E-state index contributed by atoms with van der Waals surface area (Å²) in [5, 5.41) is 4.60. The normalized spacial score (nSPS) is 14.3. The smallest absolute Gasteiger partial charge is 0.260 e. The summed E-state index contributed by atoms with van der Waals surface area (Å²) in [4.78, 5) is 0. The molecule has 2 aromatic heterocycles. The second-order valence-electron chi connectivity index (χ2n) is 13.5. The minimum Gasteiger partial charge on any atom is -0.458 e. The first kappa shape index (κ1) is 24.8. The molecule has 4 aliphatic rings. The lowest BCUT2D eigenvalue weighted by atomic mass is 9.35. The molecule has 13 rings (SSSR count). The standard InChI is InChI=1S/C42H21B2NO4/c1-3-12-30-24(10-1)43-26-18-20-28-36(41(26)48-34-16-6-14-32(46-30)38(34)43)22-8-5-9-23-37-29(45(28)40(22)23)21-19-27-42(37)49-35-17-7-15-33-39(35)44(27)25-11-2-4-13-31(25)47-33/h1-21H. The molecule has 49 heavy (non-hydrogen) atoms. The Morgan fingerprint density at radius 1 is 0.367 bits per heavy atom. The van der Waals surface area contributed by atoms with Gasteiger partial charge in [0, 0.05) is 21.7 Å². The van der Waals surface area contributed by atoms with Gasteiger partial charge in [0.15, 0.2) is 0 Å². The third-order valence-electron chi connectivity index (χ3n) is 11.2. The lowest BCUT2D eigenvalue weighted by Gasteiger charge is -2.33. The van der Waals surface area contributed by atoms with Crippen molar-refractivity contribution in [1.82, 2.24) is 4.40 Å². The Labute approximate surface area is 280 Å². The topological polar surface area (TPSA) is 41.3 Å². The maximum absolute atomic E-state index is 6.91. The molecule has 0 amide bonds. The summed E-state index contributed by atoms with van der Waals surface area (Å²) in [6, 6.07) is 44.7. The van der Waals surface area contributed by atoms with E-state index in [4.69, 9.17) is 18.9 Å². The van der Waals surface area contributed by atoms with E-state index in [0.717, 1.165) is 101 Å². The van der Waals surface area contributed by atoms with Crippen LogP contribution >= 0.6 is 0 Å². The van der Waals surface area contributed by atoms with Gasteiger partial charge in [-0.25, -0.2) is 0 Å². The first-order valence-corrected chi connectivity index (χ1v) is 16.7. The van der Waals surface area contributed by atoms with Gasteiger partial charge in [-0.3, -0.25) is 0 Å². The van der Waals surface area contributed by atoms with Gasteiger partial charge >= 0.3 is 0 Å². The summed E-state index contributed by atoms with van der Waals surface area (Å²) in [6.07, 6.45) is 0. The average molecular weight is 625 g/mol. The first-order valence-electron chi connectivity index (χ1n) is 16.7. The molecule has 0 unspecified atom stereocenters. The zero-order valence-electron chi connectivity index (χ0n) is 25.9. The van der Waals surface area contributed by atoms with Crippen molar-refractivity contribution in [3.05, 3.63) is 127 Å². The molecule has 6 heterocycles. The van der Waals surface area contributed by atoms with E-state index in [0.29, 0.717) is 0 Å². The fourth-order valence-corrected chi connectivity index (χ4v) is 9.31. The number of nitrogens with zero attached hydrogens (tertiary/aromatic N) is 1. The molecule has 7 heteroatoms. The molecule has 0 bridgehead atoms. The Bertz CT molecular complexity index is 2790. The van der Waals surface area contributed by atoms with Gasteiger partial charge in [-0.05, 0) is 70.4 Å². The van der Waals surface area contributed by atoms with Crippen molar-refractivity contribution in [2.24, 2.45) is 0 Å². The number of fused-ring (bicyclic) bond motifs is 16. The minimum atomic E-state index is 0.0221. The first-order chi connectivity index (χ1) is 24.3. The van der Waals surface area contributed by atoms with Gasteiger partial charge in [0.1, 0.15) is 46.0 Å². The highest BCUT2D eigenvalue weighted by atomic mass is 16.5. The fraction of sp³-hybridized carbons (Fsp3) is 0. The average Bonchev–Trinajstić information content (AvgIpc) is 3.68. The molecule has 7 aromatic carbocycles. The number of ether oxygens (including phenoxy) is 4. The maximum Gasteiger partial charge on any atom is 0.260 e. The molecule has 0 saturated carbocycles. The van der Waals surface area contributed by atoms with Crippen molar-refractivity contribution < 1.29 is 18.9 Å². The highest BCUT2D eigenvalue weighted by Crippen LogP contribution is 2.47. The summed E-state index contributed by atoms with van der Waals surface area (Å²) in [6.45, 7) is 0.0441. The Morgan fingerprint density at radius 2 is 0.796 bits per heavy atom. The monoisotopic (exact) mass is 625 g/mol. The summed E-state index contributed by atoms with van der Waals surface area (Å²) in [7, 11) is 0. The van der Waals surface area contributed by atoms with Crippen LogP contribution in [0.25, 0.3) is 38.1 Å². The Kier molecular flexibility index (Phi) is 4.24. The van der Waals surface area contributed by atoms with E-state index in [2.05, 4.69) is 95.4 Å². The van der Waals surface area contributed by atoms with Crippen LogP contribution in [-0.4, -0.2) is 17.8 Å². The lowest BCUT2D eigenvalue weighted by molar-refractivity contribution is 0.467. The molecular weight excluding hydrogens is 604 g/mol. The van der Waals surface area contributed by atoms with Crippen LogP contribution in [0.15, 0.2) is 127 Å². The van der Waals surface area contributed by atoms with Gasteiger partial charge in [0.25, 0.3) is 13.4 Å². The van der Waals surface area contributed by atoms with Crippen molar-refractivity contribution in [1.29, 1.82) is 0 Å². The Morgan fingerprint density at radius 3 is 1.31 bits per heavy atom. The largest absolute Gasteiger partial charge is 0.458 e. The van der Waals surface area contributed by atoms with Crippen LogP contribution in [0.2, 0.25) is 0 Å². The van der Waals surface area contributed by atoms with E-state index in [9.17, 15) is 0 Å². The summed E-state index contributed by atoms with van der Waals surface area (Å²) >= 11 is 0. The molecule has 0 N–H and O–H groups in total. The molecular formula is C42H21B2NO4. The molecule has 0 fully saturated rings. The van der Waals surface area contributed by atoms with Gasteiger partial charge in [-0.1, -0.05) is 78.9 Å². The van der Waals surface area contributed by atoms with Gasteiger partial charge in [-0.2, -0.15) is 0 Å². The quantitative estimate of drug-likeness (QED) is 0.186. The Hall–Kier alpha value is -6.33. The van der Waals surface area contributed by atoms with Gasteiger partial charge in [0.05, 0.1) is 27.3 Å². The number of rotatable bonds is 0. The van der Waals surface area contributed by atoms with Crippen LogP contribution in [0.1, 0.15) is 0 Å². The molecule has 0 atom stereocenters. The zero-order valence-corrected chi connectivity index (χ0v) is 25.9. The van der Waals surface area contributed by atoms with Gasteiger partial charge in [0.2, 0.25) is 0 Å². The van der Waals surface area contributed by atoms with Crippen molar-refractivity contribution >= 4 is 84.3 Å². The van der Waals surface area contributed by atoms with Crippen LogP contribution in [-0.2, 0) is 0 Å². The van der Waals surface area contributed by atoms with Crippen LogP contribution in [0.4, 0.5) is 0 Å². The summed E-state index contributed by atoms with van der Waals surface area (Å²) in [5.41, 5.74) is 10.3. The number of para-hydroxylation sites is 3. The van der Waals surface area contributed by atoms with Gasteiger partial charge in [-0.15, -0.1) is 0 Å². The minimum absolute atomic E-state index is 0.0221. The van der Waals surface area contributed by atoms with E-state index < -0.39 is 0 Å². The van der Waals surface area contributed by atoms with Crippen LogP contribution in [0, 0.1) is 0 Å². The van der Waals surface area contributed by atoms with E-state index >= 15 is 0 Å². The van der Waals surface area contributed by atoms with Crippen LogP contribution in [0.3, 0.4) is 0 Å². The second kappa shape index (κ2) is 8.38. The number of benzene rings is 7. The predicted molar refractivity (Wildman–Crippen MR) is 196 cm³/mol. The summed E-state index contributed by atoms with van der Waals surface area (Å²) < 4.78 is 29.0. The van der Waals surface area contributed by atoms with Gasteiger partial charge < -0.3 is 23.3 Å². The maximum atomic E-state index is 6.91. The number of hydrogen-bond donors (Lipinski definition) is 0. The molecule has 0 saturated heterocycles. The van der Waals surface area contributed by atoms with Crippen LogP contribution < -0.4 is 51.7 Å². The predicted octanol–water partition coefficient (Wildman–Crippen LogP) is 6.29.